The number of halogens is 2. The monoisotopic (exact) mass is 400 g/mol. The van der Waals surface area contributed by atoms with E-state index in [-0.39, 0.29) is 5.91 Å². The van der Waals surface area contributed by atoms with Crippen molar-refractivity contribution in [3.63, 3.8) is 0 Å². The van der Waals surface area contributed by atoms with Crippen LogP contribution in [0.15, 0.2) is 36.4 Å². The maximum atomic E-state index is 12.3. The largest absolute Gasteiger partial charge is 0.387 e. The summed E-state index contributed by atoms with van der Waals surface area (Å²) in [5.74, 6) is -0.183. The molecule has 0 aromatic heterocycles. The number of hydrogen-bond donors (Lipinski definition) is 2. The Morgan fingerprint density at radius 2 is 1.90 bits per heavy atom. The molecule has 0 fully saturated rings. The molecule has 20 heavy (non-hydrogen) atoms. The molecule has 0 saturated heterocycles. The minimum absolute atomic E-state index is 0.183. The lowest BCUT2D eigenvalue weighted by molar-refractivity contribution is 0.102. The summed E-state index contributed by atoms with van der Waals surface area (Å²) in [6.07, 6.45) is 0. The number of benzene rings is 2. The van der Waals surface area contributed by atoms with Gasteiger partial charge in [-0.2, -0.15) is 0 Å². The summed E-state index contributed by atoms with van der Waals surface area (Å²) in [6, 6.07) is 11.2. The normalized spacial score (nSPS) is 10.2. The number of hydrogen-bond acceptors (Lipinski definition) is 2. The first kappa shape index (κ1) is 15.1. The van der Waals surface area contributed by atoms with Crippen LogP contribution in [0.4, 0.5) is 11.4 Å². The molecule has 2 aromatic rings. The lowest BCUT2D eigenvalue weighted by Crippen LogP contribution is -2.14. The molecule has 5 heteroatoms. The Balaban J connectivity index is 2.28. The van der Waals surface area contributed by atoms with Crippen LogP contribution < -0.4 is 10.6 Å². The summed E-state index contributed by atoms with van der Waals surface area (Å²) in [5.41, 5.74) is 3.09. The molecular formula is C15H14ClIN2O. The van der Waals surface area contributed by atoms with E-state index in [0.29, 0.717) is 16.3 Å². The highest BCUT2D eigenvalue weighted by Crippen LogP contribution is 2.25. The topological polar surface area (TPSA) is 41.1 Å². The fraction of sp³-hybridized carbons (Fsp3) is 0.133. The average Bonchev–Trinajstić information content (AvgIpc) is 2.41. The average molecular weight is 401 g/mol. The van der Waals surface area contributed by atoms with Gasteiger partial charge in [-0.25, -0.2) is 0 Å². The molecule has 0 saturated carbocycles. The number of carbonyl (C=O) groups excluding carboxylic acids is 1. The Labute approximate surface area is 136 Å². The van der Waals surface area contributed by atoms with E-state index in [9.17, 15) is 4.79 Å². The zero-order valence-electron chi connectivity index (χ0n) is 11.1. The molecule has 2 aromatic carbocycles. The summed E-state index contributed by atoms with van der Waals surface area (Å²) in [7, 11) is 1.80. The molecule has 0 spiro atoms. The predicted molar refractivity (Wildman–Crippen MR) is 92.8 cm³/mol. The molecule has 0 aliphatic heterocycles. The Hall–Kier alpha value is -1.27. The van der Waals surface area contributed by atoms with Crippen LogP contribution in [0.3, 0.4) is 0 Å². The molecule has 0 radical (unpaired) electrons. The SMILES string of the molecule is CNc1cc(C)ccc1C(=O)Nc1ccc(I)cc1Cl. The van der Waals surface area contributed by atoms with Crippen LogP contribution >= 0.6 is 34.2 Å². The molecule has 0 unspecified atom stereocenters. The molecule has 0 aliphatic rings. The number of anilines is 2. The van der Waals surface area contributed by atoms with Gasteiger partial charge in [0.2, 0.25) is 0 Å². The van der Waals surface area contributed by atoms with Crippen molar-refractivity contribution in [1.29, 1.82) is 0 Å². The Morgan fingerprint density at radius 1 is 1.15 bits per heavy atom. The van der Waals surface area contributed by atoms with Crippen molar-refractivity contribution in [2.75, 3.05) is 17.7 Å². The molecule has 2 rings (SSSR count). The van der Waals surface area contributed by atoms with Crippen LogP contribution in [0.25, 0.3) is 0 Å². The van der Waals surface area contributed by atoms with Crippen molar-refractivity contribution < 1.29 is 4.79 Å². The van der Waals surface area contributed by atoms with Crippen molar-refractivity contribution in [3.05, 3.63) is 56.1 Å². The second-order valence-corrected chi connectivity index (χ2v) is 6.03. The van der Waals surface area contributed by atoms with Gasteiger partial charge in [0, 0.05) is 16.3 Å². The van der Waals surface area contributed by atoms with Gasteiger partial charge in [-0.15, -0.1) is 0 Å². The van der Waals surface area contributed by atoms with E-state index in [0.717, 1.165) is 14.8 Å². The number of carbonyl (C=O) groups is 1. The van der Waals surface area contributed by atoms with Gasteiger partial charge in [0.15, 0.2) is 0 Å². The predicted octanol–water partition coefficient (Wildman–Crippen LogP) is 4.55. The van der Waals surface area contributed by atoms with Crippen LogP contribution in [-0.2, 0) is 0 Å². The van der Waals surface area contributed by atoms with Crippen molar-refractivity contribution in [2.24, 2.45) is 0 Å². The smallest absolute Gasteiger partial charge is 0.257 e. The fourth-order valence-corrected chi connectivity index (χ4v) is 2.75. The third-order valence-electron chi connectivity index (χ3n) is 2.87. The summed E-state index contributed by atoms with van der Waals surface area (Å²) < 4.78 is 1.02. The number of nitrogens with one attached hydrogen (secondary N) is 2. The highest BCUT2D eigenvalue weighted by Gasteiger charge is 2.12. The first-order chi connectivity index (χ1) is 9.51. The lowest BCUT2D eigenvalue weighted by Gasteiger charge is -2.11. The van der Waals surface area contributed by atoms with E-state index in [1.807, 2.05) is 31.2 Å². The first-order valence-corrected chi connectivity index (χ1v) is 7.51. The summed E-state index contributed by atoms with van der Waals surface area (Å²) in [4.78, 5) is 12.3. The van der Waals surface area contributed by atoms with Crippen molar-refractivity contribution in [1.82, 2.24) is 0 Å². The maximum absolute atomic E-state index is 12.3. The number of amides is 1. The zero-order valence-corrected chi connectivity index (χ0v) is 14.0. The highest BCUT2D eigenvalue weighted by molar-refractivity contribution is 14.1. The summed E-state index contributed by atoms with van der Waals surface area (Å²) in [6.45, 7) is 1.98. The van der Waals surface area contributed by atoms with Crippen molar-refractivity contribution >= 4 is 51.5 Å². The number of rotatable bonds is 3. The van der Waals surface area contributed by atoms with Crippen molar-refractivity contribution in [2.45, 2.75) is 6.92 Å². The van der Waals surface area contributed by atoms with Crippen molar-refractivity contribution in [3.8, 4) is 0 Å². The van der Waals surface area contributed by atoms with E-state index in [1.54, 1.807) is 19.2 Å². The Kier molecular flexibility index (Phi) is 4.88. The number of aryl methyl sites for hydroxylation is 1. The Bertz CT molecular complexity index is 658. The van der Waals surface area contributed by atoms with Crippen LogP contribution in [0.2, 0.25) is 5.02 Å². The molecule has 0 bridgehead atoms. The van der Waals surface area contributed by atoms with E-state index in [1.165, 1.54) is 0 Å². The molecule has 0 atom stereocenters. The maximum Gasteiger partial charge on any atom is 0.257 e. The van der Waals surface area contributed by atoms with Gasteiger partial charge in [-0.3, -0.25) is 4.79 Å². The van der Waals surface area contributed by atoms with E-state index in [4.69, 9.17) is 11.6 Å². The molecule has 2 N–H and O–H groups in total. The molecule has 0 aliphatic carbocycles. The third kappa shape index (κ3) is 3.43. The van der Waals surface area contributed by atoms with Gasteiger partial charge in [-0.1, -0.05) is 17.7 Å². The van der Waals surface area contributed by atoms with Gasteiger partial charge >= 0.3 is 0 Å². The first-order valence-electron chi connectivity index (χ1n) is 6.06. The molecule has 0 heterocycles. The second kappa shape index (κ2) is 6.45. The van der Waals surface area contributed by atoms with Crippen LogP contribution in [0.5, 0.6) is 0 Å². The van der Waals surface area contributed by atoms with Crippen LogP contribution in [0.1, 0.15) is 15.9 Å². The Morgan fingerprint density at radius 3 is 2.55 bits per heavy atom. The minimum atomic E-state index is -0.183. The third-order valence-corrected chi connectivity index (χ3v) is 3.85. The zero-order chi connectivity index (χ0) is 14.7. The van der Waals surface area contributed by atoms with Gasteiger partial charge in [-0.05, 0) is 65.4 Å². The highest BCUT2D eigenvalue weighted by atomic mass is 127. The quantitative estimate of drug-likeness (QED) is 0.742. The van der Waals surface area contributed by atoms with E-state index < -0.39 is 0 Å². The standard InChI is InChI=1S/C15H14ClIN2O/c1-9-3-5-11(14(7-9)18-2)15(20)19-13-6-4-10(17)8-12(13)16/h3-8,18H,1-2H3,(H,19,20). The minimum Gasteiger partial charge on any atom is -0.387 e. The van der Waals surface area contributed by atoms with Gasteiger partial charge in [0.1, 0.15) is 0 Å². The molecule has 3 nitrogen and oxygen atoms in total. The molecular weight excluding hydrogens is 387 g/mol. The summed E-state index contributed by atoms with van der Waals surface area (Å²) in [5, 5.41) is 6.40. The second-order valence-electron chi connectivity index (χ2n) is 4.38. The van der Waals surface area contributed by atoms with Gasteiger partial charge < -0.3 is 10.6 Å². The van der Waals surface area contributed by atoms with E-state index >= 15 is 0 Å². The van der Waals surface area contributed by atoms with E-state index in [2.05, 4.69) is 33.2 Å². The van der Waals surface area contributed by atoms with Gasteiger partial charge in [0.25, 0.3) is 5.91 Å². The molecule has 1 amide bonds. The fourth-order valence-electron chi connectivity index (χ4n) is 1.84. The van der Waals surface area contributed by atoms with Crippen LogP contribution in [-0.4, -0.2) is 13.0 Å². The molecule has 104 valence electrons. The lowest BCUT2D eigenvalue weighted by atomic mass is 10.1. The van der Waals surface area contributed by atoms with Gasteiger partial charge in [0.05, 0.1) is 16.3 Å². The summed E-state index contributed by atoms with van der Waals surface area (Å²) >= 11 is 8.30. The van der Waals surface area contributed by atoms with Crippen LogP contribution in [0, 0.1) is 10.5 Å².